The van der Waals surface area contributed by atoms with E-state index >= 15 is 0 Å². The molecule has 0 aliphatic carbocycles. The van der Waals surface area contributed by atoms with Gasteiger partial charge in [-0.25, -0.2) is 4.98 Å². The lowest BCUT2D eigenvalue weighted by molar-refractivity contribution is 0.220. The maximum Gasteiger partial charge on any atom is 0.230 e. The summed E-state index contributed by atoms with van der Waals surface area (Å²) in [4.78, 5) is 7.94. The molecule has 0 radical (unpaired) electrons. The minimum atomic E-state index is 0.248. The summed E-state index contributed by atoms with van der Waals surface area (Å²) in [5.41, 5.74) is 4.25. The molecule has 0 bridgehead atoms. The SMILES string of the molecule is Cc1ncsc1CN(Cc1ccccc1)Cc1nnc(C(C)C)o1. The Balaban J connectivity index is 1.76. The Hall–Kier alpha value is -2.05. The van der Waals surface area contributed by atoms with Crippen LogP contribution in [0.3, 0.4) is 0 Å². The number of rotatable bonds is 7. The van der Waals surface area contributed by atoms with E-state index in [4.69, 9.17) is 4.42 Å². The number of nitrogens with zero attached hydrogens (tertiary/aromatic N) is 4. The Morgan fingerprint density at radius 3 is 2.50 bits per heavy atom. The molecule has 0 unspecified atom stereocenters. The lowest BCUT2D eigenvalue weighted by atomic mass is 10.2. The molecule has 0 aliphatic heterocycles. The molecule has 0 aliphatic rings. The van der Waals surface area contributed by atoms with Crippen LogP contribution in [-0.2, 0) is 19.6 Å². The third-order valence-corrected chi connectivity index (χ3v) is 4.72. The zero-order chi connectivity index (χ0) is 16.9. The summed E-state index contributed by atoms with van der Waals surface area (Å²) in [6.07, 6.45) is 0. The minimum absolute atomic E-state index is 0.248. The third-order valence-electron chi connectivity index (χ3n) is 3.80. The van der Waals surface area contributed by atoms with E-state index in [0.717, 1.165) is 18.8 Å². The van der Waals surface area contributed by atoms with Crippen molar-refractivity contribution in [3.05, 3.63) is 63.8 Å². The van der Waals surface area contributed by atoms with Gasteiger partial charge in [0.2, 0.25) is 11.8 Å². The maximum atomic E-state index is 5.79. The molecule has 6 heteroatoms. The lowest BCUT2D eigenvalue weighted by Crippen LogP contribution is -2.22. The van der Waals surface area contributed by atoms with Crippen LogP contribution in [0.4, 0.5) is 0 Å². The first-order valence-corrected chi connectivity index (χ1v) is 8.97. The molecule has 0 N–H and O–H groups in total. The smallest absolute Gasteiger partial charge is 0.230 e. The molecular formula is C18H22N4OS. The van der Waals surface area contributed by atoms with E-state index in [1.807, 2.05) is 11.6 Å². The predicted octanol–water partition coefficient (Wildman–Crippen LogP) is 4.16. The summed E-state index contributed by atoms with van der Waals surface area (Å²) < 4.78 is 5.79. The minimum Gasteiger partial charge on any atom is -0.424 e. The first-order chi connectivity index (χ1) is 11.6. The average molecular weight is 342 g/mol. The van der Waals surface area contributed by atoms with Crippen molar-refractivity contribution in [1.82, 2.24) is 20.1 Å². The fraction of sp³-hybridized carbons (Fsp3) is 0.389. The van der Waals surface area contributed by atoms with Gasteiger partial charge in [0.25, 0.3) is 0 Å². The topological polar surface area (TPSA) is 55.1 Å². The molecule has 0 atom stereocenters. The molecule has 126 valence electrons. The summed E-state index contributed by atoms with van der Waals surface area (Å²) in [5, 5.41) is 8.34. The van der Waals surface area contributed by atoms with Gasteiger partial charge in [0.1, 0.15) is 0 Å². The van der Waals surface area contributed by atoms with Crippen LogP contribution in [0, 0.1) is 6.92 Å². The quantitative estimate of drug-likeness (QED) is 0.645. The molecule has 3 rings (SSSR count). The van der Waals surface area contributed by atoms with Gasteiger partial charge in [0.05, 0.1) is 17.7 Å². The highest BCUT2D eigenvalue weighted by Crippen LogP contribution is 2.20. The predicted molar refractivity (Wildman–Crippen MR) is 94.6 cm³/mol. The molecule has 0 fully saturated rings. The highest BCUT2D eigenvalue weighted by atomic mass is 32.1. The Kier molecular flexibility index (Phi) is 5.37. The number of benzene rings is 1. The molecule has 2 heterocycles. The van der Waals surface area contributed by atoms with Crippen molar-refractivity contribution >= 4 is 11.3 Å². The standard InChI is InChI=1S/C18H22N4OS/c1-13(2)18-21-20-17(23-18)11-22(9-15-7-5-4-6-8-15)10-16-14(3)19-12-24-16/h4-8,12-13H,9-11H2,1-3H3. The largest absolute Gasteiger partial charge is 0.424 e. The number of hydrogen-bond donors (Lipinski definition) is 0. The van der Waals surface area contributed by atoms with Crippen LogP contribution >= 0.6 is 11.3 Å². The molecule has 2 aromatic heterocycles. The Morgan fingerprint density at radius 2 is 1.88 bits per heavy atom. The molecular weight excluding hydrogens is 320 g/mol. The van der Waals surface area contributed by atoms with Gasteiger partial charge in [0.15, 0.2) is 0 Å². The molecule has 24 heavy (non-hydrogen) atoms. The van der Waals surface area contributed by atoms with E-state index in [2.05, 4.69) is 65.1 Å². The summed E-state index contributed by atoms with van der Waals surface area (Å²) in [7, 11) is 0. The highest BCUT2D eigenvalue weighted by Gasteiger charge is 2.16. The van der Waals surface area contributed by atoms with Gasteiger partial charge < -0.3 is 4.42 Å². The van der Waals surface area contributed by atoms with Crippen LogP contribution in [0.5, 0.6) is 0 Å². The van der Waals surface area contributed by atoms with E-state index in [-0.39, 0.29) is 5.92 Å². The summed E-state index contributed by atoms with van der Waals surface area (Å²) in [5.74, 6) is 1.60. The summed E-state index contributed by atoms with van der Waals surface area (Å²) in [6.45, 7) is 8.45. The van der Waals surface area contributed by atoms with Crippen LogP contribution < -0.4 is 0 Å². The third kappa shape index (κ3) is 4.27. The van der Waals surface area contributed by atoms with Crippen molar-refractivity contribution in [2.24, 2.45) is 0 Å². The van der Waals surface area contributed by atoms with Gasteiger partial charge in [-0.05, 0) is 12.5 Å². The molecule has 0 spiro atoms. The van der Waals surface area contributed by atoms with Crippen molar-refractivity contribution < 1.29 is 4.42 Å². The molecule has 1 aromatic carbocycles. The van der Waals surface area contributed by atoms with Gasteiger partial charge in [-0.2, -0.15) is 0 Å². The Morgan fingerprint density at radius 1 is 1.08 bits per heavy atom. The van der Waals surface area contributed by atoms with Gasteiger partial charge >= 0.3 is 0 Å². The lowest BCUT2D eigenvalue weighted by Gasteiger charge is -2.20. The fourth-order valence-electron chi connectivity index (χ4n) is 2.45. The number of aryl methyl sites for hydroxylation is 1. The van der Waals surface area contributed by atoms with Gasteiger partial charge in [-0.3, -0.25) is 4.90 Å². The Labute approximate surface area is 146 Å². The van der Waals surface area contributed by atoms with Crippen molar-refractivity contribution in [3.8, 4) is 0 Å². The van der Waals surface area contributed by atoms with Crippen molar-refractivity contribution in [2.45, 2.75) is 46.3 Å². The number of thiazole rings is 1. The molecule has 0 saturated heterocycles. The monoisotopic (exact) mass is 342 g/mol. The first kappa shape index (κ1) is 16.8. The first-order valence-electron chi connectivity index (χ1n) is 8.09. The fourth-order valence-corrected chi connectivity index (χ4v) is 3.26. The zero-order valence-electron chi connectivity index (χ0n) is 14.3. The van der Waals surface area contributed by atoms with Crippen molar-refractivity contribution in [2.75, 3.05) is 0 Å². The maximum absolute atomic E-state index is 5.79. The van der Waals surface area contributed by atoms with E-state index in [1.165, 1.54) is 10.4 Å². The highest BCUT2D eigenvalue weighted by molar-refractivity contribution is 7.09. The average Bonchev–Trinajstić information content (AvgIpc) is 3.18. The van der Waals surface area contributed by atoms with Gasteiger partial charge in [-0.15, -0.1) is 21.5 Å². The second-order valence-corrected chi connectivity index (χ2v) is 7.12. The van der Waals surface area contributed by atoms with Gasteiger partial charge in [-0.1, -0.05) is 44.2 Å². The number of aromatic nitrogens is 3. The van der Waals surface area contributed by atoms with Gasteiger partial charge in [0, 0.05) is 23.9 Å². The van der Waals surface area contributed by atoms with Crippen LogP contribution in [0.2, 0.25) is 0 Å². The van der Waals surface area contributed by atoms with E-state index in [1.54, 1.807) is 11.3 Å². The molecule has 0 amide bonds. The Bertz CT molecular complexity index is 766. The van der Waals surface area contributed by atoms with E-state index in [0.29, 0.717) is 18.3 Å². The van der Waals surface area contributed by atoms with Crippen LogP contribution in [0.1, 0.15) is 47.7 Å². The van der Waals surface area contributed by atoms with Crippen molar-refractivity contribution in [3.63, 3.8) is 0 Å². The van der Waals surface area contributed by atoms with Crippen LogP contribution in [0.25, 0.3) is 0 Å². The van der Waals surface area contributed by atoms with Crippen LogP contribution in [-0.4, -0.2) is 20.1 Å². The zero-order valence-corrected chi connectivity index (χ0v) is 15.1. The normalized spacial score (nSPS) is 11.5. The van der Waals surface area contributed by atoms with Crippen LogP contribution in [0.15, 0.2) is 40.3 Å². The summed E-state index contributed by atoms with van der Waals surface area (Å²) in [6, 6.07) is 10.4. The summed E-state index contributed by atoms with van der Waals surface area (Å²) >= 11 is 1.69. The molecule has 5 nitrogen and oxygen atoms in total. The molecule has 0 saturated carbocycles. The second kappa shape index (κ2) is 7.68. The van der Waals surface area contributed by atoms with E-state index in [9.17, 15) is 0 Å². The molecule has 3 aromatic rings. The second-order valence-electron chi connectivity index (χ2n) is 6.18. The van der Waals surface area contributed by atoms with Crippen molar-refractivity contribution in [1.29, 1.82) is 0 Å². The van der Waals surface area contributed by atoms with E-state index < -0.39 is 0 Å². The number of hydrogen-bond acceptors (Lipinski definition) is 6.